The summed E-state index contributed by atoms with van der Waals surface area (Å²) in [5.74, 6) is -0.638. The maximum absolute atomic E-state index is 11.0. The first-order chi connectivity index (χ1) is 10.0. The van der Waals surface area contributed by atoms with Crippen LogP contribution >= 0.6 is 0 Å². The number of aromatic hydroxyl groups is 1. The number of carboxylic acids is 1. The van der Waals surface area contributed by atoms with Gasteiger partial charge in [0.05, 0.1) is 5.56 Å². The number of carbonyl (C=O) groups is 1. The zero-order valence-corrected chi connectivity index (χ0v) is 11.5. The monoisotopic (exact) mass is 278 g/mol. The Balaban J connectivity index is 2.10. The average molecular weight is 278 g/mol. The molecule has 3 aromatic carbocycles. The lowest BCUT2D eigenvalue weighted by atomic mass is 9.99. The van der Waals surface area contributed by atoms with E-state index in [2.05, 4.69) is 0 Å². The molecule has 0 saturated heterocycles. The molecule has 0 heterocycles. The second-order valence-corrected chi connectivity index (χ2v) is 5.08. The van der Waals surface area contributed by atoms with Gasteiger partial charge >= 0.3 is 5.97 Å². The standard InChI is InChI=1S/C18H14O3/c1-11-8-12(6-7-17(11)19)13-2-3-15-10-16(18(20)21)5-4-14(15)9-13/h2-10,19H,1H3,(H,20,21). The summed E-state index contributed by atoms with van der Waals surface area (Å²) >= 11 is 0. The van der Waals surface area contributed by atoms with Gasteiger partial charge in [-0.3, -0.25) is 0 Å². The number of aromatic carboxylic acids is 1. The Labute approximate surface area is 122 Å². The lowest BCUT2D eigenvalue weighted by Gasteiger charge is -2.07. The number of aryl methyl sites for hydroxylation is 1. The van der Waals surface area contributed by atoms with Crippen LogP contribution in [0.5, 0.6) is 5.75 Å². The molecule has 0 bridgehead atoms. The van der Waals surface area contributed by atoms with Gasteiger partial charge in [-0.2, -0.15) is 0 Å². The molecule has 0 spiro atoms. The van der Waals surface area contributed by atoms with E-state index in [0.29, 0.717) is 0 Å². The van der Waals surface area contributed by atoms with Crippen molar-refractivity contribution in [3.63, 3.8) is 0 Å². The van der Waals surface area contributed by atoms with Gasteiger partial charge in [0, 0.05) is 0 Å². The molecule has 21 heavy (non-hydrogen) atoms. The fourth-order valence-electron chi connectivity index (χ4n) is 2.39. The van der Waals surface area contributed by atoms with Crippen LogP contribution in [0.4, 0.5) is 0 Å². The fourth-order valence-corrected chi connectivity index (χ4v) is 2.39. The highest BCUT2D eigenvalue weighted by atomic mass is 16.4. The molecular formula is C18H14O3. The van der Waals surface area contributed by atoms with Crippen LogP contribution in [0, 0.1) is 6.92 Å². The Kier molecular flexibility index (Phi) is 3.10. The van der Waals surface area contributed by atoms with E-state index < -0.39 is 5.97 Å². The van der Waals surface area contributed by atoms with Crippen molar-refractivity contribution in [1.82, 2.24) is 0 Å². The highest BCUT2D eigenvalue weighted by Crippen LogP contribution is 2.28. The van der Waals surface area contributed by atoms with E-state index in [4.69, 9.17) is 5.11 Å². The smallest absolute Gasteiger partial charge is 0.335 e. The number of hydrogen-bond acceptors (Lipinski definition) is 2. The van der Waals surface area contributed by atoms with Crippen LogP contribution in [-0.4, -0.2) is 16.2 Å². The van der Waals surface area contributed by atoms with E-state index >= 15 is 0 Å². The fraction of sp³-hybridized carbons (Fsp3) is 0.0556. The van der Waals surface area contributed by atoms with Crippen molar-refractivity contribution >= 4 is 16.7 Å². The Morgan fingerprint density at radius 3 is 2.19 bits per heavy atom. The van der Waals surface area contributed by atoms with Crippen LogP contribution in [-0.2, 0) is 0 Å². The predicted molar refractivity (Wildman–Crippen MR) is 82.7 cm³/mol. The Hall–Kier alpha value is -2.81. The van der Waals surface area contributed by atoms with Crippen molar-refractivity contribution < 1.29 is 15.0 Å². The lowest BCUT2D eigenvalue weighted by molar-refractivity contribution is 0.0697. The molecule has 2 N–H and O–H groups in total. The minimum atomic E-state index is -0.921. The van der Waals surface area contributed by atoms with Gasteiger partial charge in [0.2, 0.25) is 0 Å². The van der Waals surface area contributed by atoms with E-state index in [0.717, 1.165) is 27.5 Å². The molecule has 3 heteroatoms. The van der Waals surface area contributed by atoms with E-state index in [1.54, 1.807) is 18.2 Å². The molecule has 0 atom stereocenters. The third kappa shape index (κ3) is 2.46. The second kappa shape index (κ2) is 4.94. The molecule has 0 aliphatic rings. The molecule has 3 nitrogen and oxygen atoms in total. The van der Waals surface area contributed by atoms with Gasteiger partial charge in [0.1, 0.15) is 5.75 Å². The van der Waals surface area contributed by atoms with E-state index in [9.17, 15) is 9.90 Å². The van der Waals surface area contributed by atoms with Crippen molar-refractivity contribution in [3.05, 3.63) is 65.7 Å². The van der Waals surface area contributed by atoms with Crippen molar-refractivity contribution in [3.8, 4) is 16.9 Å². The van der Waals surface area contributed by atoms with Crippen molar-refractivity contribution in [2.75, 3.05) is 0 Å². The minimum absolute atomic E-state index is 0.283. The summed E-state index contributed by atoms with van der Waals surface area (Å²) in [7, 11) is 0. The Morgan fingerprint density at radius 2 is 1.48 bits per heavy atom. The van der Waals surface area contributed by atoms with E-state index in [1.807, 2.05) is 43.3 Å². The molecule has 0 radical (unpaired) electrons. The number of benzene rings is 3. The topological polar surface area (TPSA) is 57.5 Å². The zero-order valence-electron chi connectivity index (χ0n) is 11.5. The van der Waals surface area contributed by atoms with E-state index in [-0.39, 0.29) is 11.3 Å². The quantitative estimate of drug-likeness (QED) is 0.738. The molecule has 3 aromatic rings. The summed E-state index contributed by atoms with van der Waals surface area (Å²) in [4.78, 5) is 11.0. The molecule has 0 amide bonds. The first-order valence-electron chi connectivity index (χ1n) is 6.62. The number of carboxylic acid groups (broad SMARTS) is 1. The lowest BCUT2D eigenvalue weighted by Crippen LogP contribution is -1.95. The van der Waals surface area contributed by atoms with Crippen molar-refractivity contribution in [2.45, 2.75) is 6.92 Å². The molecule has 0 aliphatic carbocycles. The molecule has 3 rings (SSSR count). The number of phenols is 1. The van der Waals surface area contributed by atoms with Crippen LogP contribution in [0.15, 0.2) is 54.6 Å². The first-order valence-corrected chi connectivity index (χ1v) is 6.62. The summed E-state index contributed by atoms with van der Waals surface area (Å²) in [6.07, 6.45) is 0. The van der Waals surface area contributed by atoms with Gasteiger partial charge in [0.15, 0.2) is 0 Å². The highest BCUT2D eigenvalue weighted by molar-refractivity contribution is 5.95. The van der Waals surface area contributed by atoms with Crippen LogP contribution in [0.3, 0.4) is 0 Å². The zero-order chi connectivity index (χ0) is 15.0. The first kappa shape index (κ1) is 13.2. The van der Waals surface area contributed by atoms with Gasteiger partial charge in [0.25, 0.3) is 0 Å². The van der Waals surface area contributed by atoms with E-state index in [1.165, 1.54) is 0 Å². The summed E-state index contributed by atoms with van der Waals surface area (Å²) in [6, 6.07) is 16.5. The van der Waals surface area contributed by atoms with Crippen LogP contribution < -0.4 is 0 Å². The van der Waals surface area contributed by atoms with Crippen LogP contribution in [0.25, 0.3) is 21.9 Å². The van der Waals surface area contributed by atoms with Crippen molar-refractivity contribution in [2.24, 2.45) is 0 Å². The Bertz CT molecular complexity index is 850. The number of fused-ring (bicyclic) bond motifs is 1. The summed E-state index contributed by atoms with van der Waals surface area (Å²) < 4.78 is 0. The molecule has 0 saturated carbocycles. The van der Waals surface area contributed by atoms with Crippen LogP contribution in [0.2, 0.25) is 0 Å². The minimum Gasteiger partial charge on any atom is -0.508 e. The third-order valence-corrected chi connectivity index (χ3v) is 3.62. The maximum atomic E-state index is 11.0. The van der Waals surface area contributed by atoms with Gasteiger partial charge < -0.3 is 10.2 Å². The van der Waals surface area contributed by atoms with Crippen molar-refractivity contribution in [1.29, 1.82) is 0 Å². The highest BCUT2D eigenvalue weighted by Gasteiger charge is 2.06. The number of phenolic OH excluding ortho intramolecular Hbond substituents is 1. The summed E-state index contributed by atoms with van der Waals surface area (Å²) in [5, 5.41) is 20.5. The normalized spacial score (nSPS) is 10.7. The maximum Gasteiger partial charge on any atom is 0.335 e. The molecule has 0 unspecified atom stereocenters. The van der Waals surface area contributed by atoms with Gasteiger partial charge in [-0.25, -0.2) is 4.79 Å². The van der Waals surface area contributed by atoms with Gasteiger partial charge in [-0.15, -0.1) is 0 Å². The molecule has 104 valence electrons. The number of rotatable bonds is 2. The largest absolute Gasteiger partial charge is 0.508 e. The predicted octanol–water partition coefficient (Wildman–Crippen LogP) is 4.22. The molecule has 0 fully saturated rings. The van der Waals surface area contributed by atoms with Crippen LogP contribution in [0.1, 0.15) is 15.9 Å². The average Bonchev–Trinajstić information content (AvgIpc) is 2.49. The SMILES string of the molecule is Cc1cc(-c2ccc3cc(C(=O)O)ccc3c2)ccc1O. The number of hydrogen-bond donors (Lipinski definition) is 2. The second-order valence-electron chi connectivity index (χ2n) is 5.08. The third-order valence-electron chi connectivity index (χ3n) is 3.62. The van der Waals surface area contributed by atoms with Gasteiger partial charge in [-0.1, -0.05) is 24.3 Å². The summed E-state index contributed by atoms with van der Waals surface area (Å²) in [5.41, 5.74) is 3.17. The Morgan fingerprint density at radius 1 is 0.857 bits per heavy atom. The summed E-state index contributed by atoms with van der Waals surface area (Å²) in [6.45, 7) is 1.86. The van der Waals surface area contributed by atoms with Gasteiger partial charge in [-0.05, 0) is 64.7 Å². The molecule has 0 aliphatic heterocycles. The molecular weight excluding hydrogens is 264 g/mol. The molecule has 0 aromatic heterocycles.